The lowest BCUT2D eigenvalue weighted by molar-refractivity contribution is -0.125. The molecule has 1 heterocycles. The van der Waals surface area contributed by atoms with E-state index in [1.807, 2.05) is 0 Å². The van der Waals surface area contributed by atoms with Crippen LogP contribution in [0, 0.1) is 11.3 Å². The summed E-state index contributed by atoms with van der Waals surface area (Å²) in [6, 6.07) is 0.681. The van der Waals surface area contributed by atoms with Crippen LogP contribution in [0.1, 0.15) is 64.7 Å². The van der Waals surface area contributed by atoms with Gasteiger partial charge in [0, 0.05) is 12.6 Å². The van der Waals surface area contributed by atoms with E-state index in [0.29, 0.717) is 11.5 Å². The minimum absolute atomic E-state index is 0.0722. The standard InChI is InChI=1S/C16H28N2O/c1-16(9-4-10-16)11-17-15(19)14-8-7-12-5-2-3-6-13(12)18-14/h12-14,18H,2-11H2,1H3,(H,17,19). The van der Waals surface area contributed by atoms with E-state index in [2.05, 4.69) is 17.6 Å². The number of carbonyl (C=O) groups is 1. The molecule has 2 saturated carbocycles. The van der Waals surface area contributed by atoms with E-state index in [1.54, 1.807) is 0 Å². The second kappa shape index (κ2) is 5.43. The van der Waals surface area contributed by atoms with Gasteiger partial charge in [0.1, 0.15) is 0 Å². The van der Waals surface area contributed by atoms with Crippen molar-refractivity contribution in [1.29, 1.82) is 0 Å². The van der Waals surface area contributed by atoms with Gasteiger partial charge < -0.3 is 10.6 Å². The monoisotopic (exact) mass is 264 g/mol. The van der Waals surface area contributed by atoms with Crippen LogP contribution in [0.3, 0.4) is 0 Å². The fourth-order valence-corrected chi connectivity index (χ4v) is 4.08. The quantitative estimate of drug-likeness (QED) is 0.822. The average Bonchev–Trinajstić information content (AvgIpc) is 2.42. The summed E-state index contributed by atoms with van der Waals surface area (Å²) in [5.74, 6) is 1.08. The molecular formula is C16H28N2O. The van der Waals surface area contributed by atoms with Gasteiger partial charge in [-0.2, -0.15) is 0 Å². The van der Waals surface area contributed by atoms with Crippen LogP contribution in [0.15, 0.2) is 0 Å². The zero-order chi connectivity index (χ0) is 13.3. The largest absolute Gasteiger partial charge is 0.354 e. The van der Waals surface area contributed by atoms with E-state index < -0.39 is 0 Å². The number of amides is 1. The lowest BCUT2D eigenvalue weighted by Crippen LogP contribution is -2.56. The molecule has 3 aliphatic rings. The molecule has 2 aliphatic carbocycles. The zero-order valence-corrected chi connectivity index (χ0v) is 12.2. The van der Waals surface area contributed by atoms with Crippen LogP contribution in [-0.2, 0) is 4.79 Å². The summed E-state index contributed by atoms with van der Waals surface area (Å²) < 4.78 is 0. The Morgan fingerprint density at radius 2 is 1.95 bits per heavy atom. The number of fused-ring (bicyclic) bond motifs is 1. The molecule has 0 aromatic rings. The summed E-state index contributed by atoms with van der Waals surface area (Å²) in [5.41, 5.74) is 0.387. The van der Waals surface area contributed by atoms with Crippen molar-refractivity contribution in [3.63, 3.8) is 0 Å². The first-order valence-electron chi connectivity index (χ1n) is 8.20. The van der Waals surface area contributed by atoms with Crippen molar-refractivity contribution in [3.05, 3.63) is 0 Å². The average molecular weight is 264 g/mol. The number of nitrogens with one attached hydrogen (secondary N) is 2. The number of hydrogen-bond acceptors (Lipinski definition) is 2. The van der Waals surface area contributed by atoms with Gasteiger partial charge in [-0.3, -0.25) is 4.79 Å². The zero-order valence-electron chi connectivity index (χ0n) is 12.2. The summed E-state index contributed by atoms with van der Waals surface area (Å²) >= 11 is 0. The highest BCUT2D eigenvalue weighted by Gasteiger charge is 2.36. The molecule has 0 radical (unpaired) electrons. The van der Waals surface area contributed by atoms with Gasteiger partial charge in [0.2, 0.25) is 5.91 Å². The van der Waals surface area contributed by atoms with Crippen LogP contribution in [0.4, 0.5) is 0 Å². The molecule has 3 rings (SSSR count). The van der Waals surface area contributed by atoms with E-state index in [9.17, 15) is 4.79 Å². The van der Waals surface area contributed by atoms with E-state index in [0.717, 1.165) is 18.9 Å². The maximum atomic E-state index is 12.3. The molecule has 3 heteroatoms. The van der Waals surface area contributed by atoms with Crippen LogP contribution in [0.25, 0.3) is 0 Å². The molecule has 3 unspecified atom stereocenters. The molecule has 1 aliphatic heterocycles. The molecule has 2 N–H and O–H groups in total. The van der Waals surface area contributed by atoms with Gasteiger partial charge in [-0.25, -0.2) is 0 Å². The Labute approximate surface area is 116 Å². The maximum Gasteiger partial charge on any atom is 0.237 e. The Balaban J connectivity index is 1.47. The van der Waals surface area contributed by atoms with Gasteiger partial charge in [-0.1, -0.05) is 26.2 Å². The third-order valence-corrected chi connectivity index (χ3v) is 5.72. The topological polar surface area (TPSA) is 41.1 Å². The van der Waals surface area contributed by atoms with Crippen molar-refractivity contribution < 1.29 is 4.79 Å². The predicted octanol–water partition coefficient (Wildman–Crippen LogP) is 2.60. The first kappa shape index (κ1) is 13.4. The van der Waals surface area contributed by atoms with Crippen LogP contribution >= 0.6 is 0 Å². The molecule has 0 aromatic heterocycles. The maximum absolute atomic E-state index is 12.3. The van der Waals surface area contributed by atoms with Crippen molar-refractivity contribution in [3.8, 4) is 0 Å². The summed E-state index contributed by atoms with van der Waals surface area (Å²) in [4.78, 5) is 12.3. The second-order valence-electron chi connectivity index (χ2n) is 7.33. The Kier molecular flexibility index (Phi) is 3.84. The van der Waals surface area contributed by atoms with Crippen molar-refractivity contribution in [2.24, 2.45) is 11.3 Å². The van der Waals surface area contributed by atoms with Crippen molar-refractivity contribution in [2.75, 3.05) is 6.54 Å². The fraction of sp³-hybridized carbons (Fsp3) is 0.938. The van der Waals surface area contributed by atoms with Gasteiger partial charge in [-0.05, 0) is 49.9 Å². The molecule has 3 atom stereocenters. The van der Waals surface area contributed by atoms with Crippen molar-refractivity contribution in [1.82, 2.24) is 10.6 Å². The normalized spacial score (nSPS) is 37.0. The minimum atomic E-state index is 0.0722. The minimum Gasteiger partial charge on any atom is -0.354 e. The van der Waals surface area contributed by atoms with Crippen molar-refractivity contribution in [2.45, 2.75) is 76.8 Å². The first-order valence-corrected chi connectivity index (χ1v) is 8.20. The van der Waals surface area contributed by atoms with Gasteiger partial charge >= 0.3 is 0 Å². The summed E-state index contributed by atoms with van der Waals surface area (Å²) in [6.45, 7) is 3.17. The molecular weight excluding hydrogens is 236 g/mol. The molecule has 3 fully saturated rings. The van der Waals surface area contributed by atoms with Crippen LogP contribution in [0.5, 0.6) is 0 Å². The summed E-state index contributed by atoms with van der Waals surface area (Å²) in [6.07, 6.45) is 11.5. The van der Waals surface area contributed by atoms with Gasteiger partial charge in [-0.15, -0.1) is 0 Å². The predicted molar refractivity (Wildman–Crippen MR) is 76.9 cm³/mol. The van der Waals surface area contributed by atoms with Gasteiger partial charge in [0.15, 0.2) is 0 Å². The van der Waals surface area contributed by atoms with Crippen LogP contribution < -0.4 is 10.6 Å². The number of carbonyl (C=O) groups excluding carboxylic acids is 1. The number of piperidine rings is 1. The Morgan fingerprint density at radius 1 is 1.16 bits per heavy atom. The lowest BCUT2D eigenvalue weighted by Gasteiger charge is -2.41. The molecule has 108 valence electrons. The molecule has 1 saturated heterocycles. The molecule has 0 spiro atoms. The Hall–Kier alpha value is -0.570. The number of rotatable bonds is 3. The Morgan fingerprint density at radius 3 is 2.68 bits per heavy atom. The third kappa shape index (κ3) is 2.96. The third-order valence-electron chi connectivity index (χ3n) is 5.72. The van der Waals surface area contributed by atoms with Crippen LogP contribution in [0.2, 0.25) is 0 Å². The molecule has 0 bridgehead atoms. The molecule has 0 aromatic carbocycles. The summed E-state index contributed by atoms with van der Waals surface area (Å²) in [7, 11) is 0. The highest BCUT2D eigenvalue weighted by molar-refractivity contribution is 5.81. The smallest absolute Gasteiger partial charge is 0.237 e. The summed E-state index contributed by atoms with van der Waals surface area (Å²) in [5, 5.41) is 6.80. The van der Waals surface area contributed by atoms with Gasteiger partial charge in [0.25, 0.3) is 0 Å². The van der Waals surface area contributed by atoms with Gasteiger partial charge in [0.05, 0.1) is 6.04 Å². The SMILES string of the molecule is CC1(CNC(=O)C2CCC3CCCCC3N2)CCC1. The fourth-order valence-electron chi connectivity index (χ4n) is 4.08. The van der Waals surface area contributed by atoms with Crippen molar-refractivity contribution >= 4 is 5.91 Å². The first-order chi connectivity index (χ1) is 9.16. The lowest BCUT2D eigenvalue weighted by atomic mass is 9.70. The highest BCUT2D eigenvalue weighted by Crippen LogP contribution is 2.39. The van der Waals surface area contributed by atoms with E-state index in [-0.39, 0.29) is 11.9 Å². The highest BCUT2D eigenvalue weighted by atomic mass is 16.2. The van der Waals surface area contributed by atoms with E-state index in [1.165, 1.54) is 51.4 Å². The number of hydrogen-bond donors (Lipinski definition) is 2. The van der Waals surface area contributed by atoms with E-state index in [4.69, 9.17) is 0 Å². The molecule has 19 heavy (non-hydrogen) atoms. The Bertz CT molecular complexity index is 338. The van der Waals surface area contributed by atoms with Crippen LogP contribution in [-0.4, -0.2) is 24.5 Å². The van der Waals surface area contributed by atoms with E-state index >= 15 is 0 Å². The molecule has 3 nitrogen and oxygen atoms in total. The second-order valence-corrected chi connectivity index (χ2v) is 7.33. The molecule has 1 amide bonds.